The fourth-order valence-electron chi connectivity index (χ4n) is 1.21. The number of halogens is 2. The van der Waals surface area contributed by atoms with Gasteiger partial charge in [0.05, 0.1) is 21.8 Å². The van der Waals surface area contributed by atoms with Crippen LogP contribution in [0.2, 0.25) is 10.0 Å². The van der Waals surface area contributed by atoms with Crippen LogP contribution in [0.1, 0.15) is 40.5 Å². The molecule has 1 atom stereocenters. The van der Waals surface area contributed by atoms with Gasteiger partial charge in [-0.05, 0) is 38.3 Å². The first-order valence-corrected chi connectivity index (χ1v) is 5.64. The van der Waals surface area contributed by atoms with Gasteiger partial charge in [0, 0.05) is 20.3 Å². The molecule has 17 heavy (non-hydrogen) atoms. The zero-order valence-corrected chi connectivity index (χ0v) is 10.7. The van der Waals surface area contributed by atoms with Crippen molar-refractivity contribution in [2.24, 2.45) is 0 Å². The molecular formula is C12H18Cl2N2O. The SMILES string of the molecule is [2H]C([2H])([2H])C(C)(NCC(O)c1cc(Cl)c(N)c(Cl)c1)C([2H])([2H])[2H]. The highest BCUT2D eigenvalue weighted by Crippen LogP contribution is 2.31. The van der Waals surface area contributed by atoms with Gasteiger partial charge in [-0.15, -0.1) is 0 Å². The minimum Gasteiger partial charge on any atom is -0.396 e. The normalized spacial score (nSPS) is 20.5. The lowest BCUT2D eigenvalue weighted by Crippen LogP contribution is -2.38. The van der Waals surface area contributed by atoms with Crippen molar-refractivity contribution in [2.75, 3.05) is 12.3 Å². The lowest BCUT2D eigenvalue weighted by atomic mass is 10.1. The van der Waals surface area contributed by atoms with Crippen LogP contribution in [-0.4, -0.2) is 17.2 Å². The van der Waals surface area contributed by atoms with E-state index in [0.717, 1.165) is 6.92 Å². The van der Waals surface area contributed by atoms with Gasteiger partial charge in [0.15, 0.2) is 0 Å². The summed E-state index contributed by atoms with van der Waals surface area (Å²) in [7, 11) is 0. The summed E-state index contributed by atoms with van der Waals surface area (Å²) in [4.78, 5) is 0. The van der Waals surface area contributed by atoms with Crippen LogP contribution >= 0.6 is 23.2 Å². The van der Waals surface area contributed by atoms with Crippen LogP contribution in [0, 0.1) is 0 Å². The van der Waals surface area contributed by atoms with Crippen LogP contribution < -0.4 is 11.1 Å². The Morgan fingerprint density at radius 2 is 2.00 bits per heavy atom. The maximum Gasteiger partial charge on any atom is 0.0915 e. The Hall–Kier alpha value is -0.480. The Kier molecular flexibility index (Phi) is 2.51. The summed E-state index contributed by atoms with van der Waals surface area (Å²) in [5, 5.41) is 12.9. The molecule has 0 aliphatic carbocycles. The molecular weight excluding hydrogens is 259 g/mol. The molecule has 4 N–H and O–H groups in total. The molecule has 3 nitrogen and oxygen atoms in total. The van der Waals surface area contributed by atoms with Gasteiger partial charge < -0.3 is 16.2 Å². The van der Waals surface area contributed by atoms with E-state index in [1.807, 2.05) is 0 Å². The second-order valence-electron chi connectivity index (χ2n) is 3.92. The number of anilines is 1. The number of hydrogen-bond acceptors (Lipinski definition) is 3. The van der Waals surface area contributed by atoms with Crippen molar-refractivity contribution in [2.45, 2.75) is 32.3 Å². The van der Waals surface area contributed by atoms with E-state index in [-0.39, 0.29) is 22.3 Å². The average molecular weight is 283 g/mol. The van der Waals surface area contributed by atoms with Gasteiger partial charge in [-0.1, -0.05) is 23.2 Å². The minimum absolute atomic E-state index is 0.140. The number of nitrogen functional groups attached to an aromatic ring is 1. The average Bonchev–Trinajstić information content (AvgIpc) is 2.38. The summed E-state index contributed by atoms with van der Waals surface area (Å²) in [6.45, 7) is -4.84. The topological polar surface area (TPSA) is 58.3 Å². The Balaban J connectivity index is 2.99. The third kappa shape index (κ3) is 4.36. The predicted molar refractivity (Wildman–Crippen MR) is 73.6 cm³/mol. The van der Waals surface area contributed by atoms with Crippen LogP contribution in [-0.2, 0) is 0 Å². The number of aliphatic hydroxyl groups is 1. The van der Waals surface area contributed by atoms with E-state index in [2.05, 4.69) is 5.32 Å². The van der Waals surface area contributed by atoms with Gasteiger partial charge in [-0.2, -0.15) is 0 Å². The molecule has 0 bridgehead atoms. The number of aliphatic hydroxyl groups excluding tert-OH is 1. The van der Waals surface area contributed by atoms with Crippen molar-refractivity contribution in [3.8, 4) is 0 Å². The van der Waals surface area contributed by atoms with Gasteiger partial charge in [0.25, 0.3) is 0 Å². The molecule has 5 heteroatoms. The lowest BCUT2D eigenvalue weighted by molar-refractivity contribution is 0.163. The molecule has 0 radical (unpaired) electrons. The first-order chi connectivity index (χ1) is 10.2. The molecule has 1 unspecified atom stereocenters. The smallest absolute Gasteiger partial charge is 0.0915 e. The number of nitrogens with two attached hydrogens (primary N) is 1. The number of rotatable bonds is 3. The molecule has 0 aromatic heterocycles. The molecule has 0 aliphatic rings. The van der Waals surface area contributed by atoms with E-state index in [1.165, 1.54) is 12.1 Å². The Morgan fingerprint density at radius 1 is 1.47 bits per heavy atom. The summed E-state index contributed by atoms with van der Waals surface area (Å²) < 4.78 is 44.7. The molecule has 0 aliphatic heterocycles. The molecule has 0 saturated heterocycles. The Bertz CT molecular complexity index is 539. The third-order valence-corrected chi connectivity index (χ3v) is 2.76. The highest BCUT2D eigenvalue weighted by Gasteiger charge is 2.15. The lowest BCUT2D eigenvalue weighted by Gasteiger charge is -2.23. The summed E-state index contributed by atoms with van der Waals surface area (Å²) in [6.07, 6.45) is -1.21. The number of β-amino-alcohol motifs (C(OH)–C–C–N with tert-alkyl or cyclic N) is 1. The highest BCUT2D eigenvalue weighted by molar-refractivity contribution is 6.38. The second-order valence-corrected chi connectivity index (χ2v) is 4.73. The van der Waals surface area contributed by atoms with Crippen molar-refractivity contribution in [1.29, 1.82) is 0 Å². The fourth-order valence-corrected chi connectivity index (χ4v) is 1.72. The van der Waals surface area contributed by atoms with Crippen LogP contribution in [0.3, 0.4) is 0 Å². The standard InChI is InChI=1S/C12H18Cl2N2O/c1-12(2,3)16-6-10(17)7-4-8(13)11(15)9(14)5-7/h4-5,10,16-17H,6,15H2,1-3H3/i1D3,2D3. The minimum atomic E-state index is -2.80. The Labute approximate surface area is 120 Å². The van der Waals surface area contributed by atoms with Crippen molar-refractivity contribution < 1.29 is 13.3 Å². The molecule has 1 rings (SSSR count). The van der Waals surface area contributed by atoms with Gasteiger partial charge in [-0.3, -0.25) is 0 Å². The molecule has 1 aromatic carbocycles. The van der Waals surface area contributed by atoms with Crippen LogP contribution in [0.25, 0.3) is 0 Å². The van der Waals surface area contributed by atoms with E-state index in [0.29, 0.717) is 5.56 Å². The highest BCUT2D eigenvalue weighted by atomic mass is 35.5. The number of benzene rings is 1. The fraction of sp³-hybridized carbons (Fsp3) is 0.500. The Morgan fingerprint density at radius 3 is 2.47 bits per heavy atom. The zero-order chi connectivity index (χ0) is 18.2. The second kappa shape index (κ2) is 5.44. The first kappa shape index (κ1) is 7.85. The molecule has 1 aromatic rings. The molecule has 96 valence electrons. The van der Waals surface area contributed by atoms with Gasteiger partial charge in [-0.25, -0.2) is 0 Å². The van der Waals surface area contributed by atoms with Gasteiger partial charge >= 0.3 is 0 Å². The maximum absolute atomic E-state index is 10.2. The number of nitrogens with one attached hydrogen (secondary N) is 1. The molecule has 0 saturated carbocycles. The predicted octanol–water partition coefficient (Wildman–Crippen LogP) is 3.00. The first-order valence-electron chi connectivity index (χ1n) is 7.88. The molecule has 0 spiro atoms. The van der Waals surface area contributed by atoms with E-state index in [9.17, 15) is 5.11 Å². The maximum atomic E-state index is 10.2. The summed E-state index contributed by atoms with van der Waals surface area (Å²) in [5.41, 5.74) is 3.87. The number of hydrogen-bond donors (Lipinski definition) is 3. The van der Waals surface area contributed by atoms with Crippen molar-refractivity contribution in [3.05, 3.63) is 27.7 Å². The largest absolute Gasteiger partial charge is 0.396 e. The van der Waals surface area contributed by atoms with E-state index in [1.54, 1.807) is 0 Å². The van der Waals surface area contributed by atoms with Gasteiger partial charge in [0.1, 0.15) is 0 Å². The van der Waals surface area contributed by atoms with Crippen LogP contribution in [0.5, 0.6) is 0 Å². The van der Waals surface area contributed by atoms with Crippen molar-refractivity contribution >= 4 is 28.9 Å². The van der Waals surface area contributed by atoms with Crippen molar-refractivity contribution in [3.63, 3.8) is 0 Å². The molecule has 0 fully saturated rings. The molecule has 0 amide bonds. The van der Waals surface area contributed by atoms with Crippen LogP contribution in [0.15, 0.2) is 12.1 Å². The van der Waals surface area contributed by atoms with E-state index >= 15 is 0 Å². The van der Waals surface area contributed by atoms with Crippen molar-refractivity contribution in [1.82, 2.24) is 5.32 Å². The molecule has 0 heterocycles. The summed E-state index contributed by atoms with van der Waals surface area (Å²) >= 11 is 11.8. The van der Waals surface area contributed by atoms with E-state index in [4.69, 9.17) is 37.2 Å². The summed E-state index contributed by atoms with van der Waals surface area (Å²) in [5.74, 6) is 0. The van der Waals surface area contributed by atoms with E-state index < -0.39 is 25.3 Å². The quantitative estimate of drug-likeness (QED) is 0.747. The monoisotopic (exact) mass is 282 g/mol. The van der Waals surface area contributed by atoms with Crippen LogP contribution in [0.4, 0.5) is 5.69 Å². The third-order valence-electron chi connectivity index (χ3n) is 2.14. The van der Waals surface area contributed by atoms with Gasteiger partial charge in [0.2, 0.25) is 0 Å². The zero-order valence-electron chi connectivity index (χ0n) is 15.2. The summed E-state index contributed by atoms with van der Waals surface area (Å²) in [6, 6.07) is 2.77.